The van der Waals surface area contributed by atoms with E-state index >= 15 is 0 Å². The molecule has 1 heterocycles. The summed E-state index contributed by atoms with van der Waals surface area (Å²) in [5.41, 5.74) is 9.30. The van der Waals surface area contributed by atoms with Crippen molar-refractivity contribution < 1.29 is 8.42 Å². The zero-order valence-corrected chi connectivity index (χ0v) is 13.7. The first-order valence-electron chi connectivity index (χ1n) is 7.40. The van der Waals surface area contributed by atoms with E-state index in [1.54, 1.807) is 18.2 Å². The van der Waals surface area contributed by atoms with Crippen molar-refractivity contribution in [3.63, 3.8) is 0 Å². The fourth-order valence-corrected chi connectivity index (χ4v) is 4.67. The van der Waals surface area contributed by atoms with Crippen LogP contribution < -0.4 is 10.6 Å². The molecule has 2 aromatic carbocycles. The highest BCUT2D eigenvalue weighted by Gasteiger charge is 2.34. The number of nitrogens with zero attached hydrogens (tertiary/aromatic N) is 1. The van der Waals surface area contributed by atoms with Gasteiger partial charge in [-0.25, -0.2) is 8.42 Å². The predicted octanol–water partition coefficient (Wildman–Crippen LogP) is 2.94. The molecule has 0 amide bonds. The number of aryl methyl sites for hydroxylation is 1. The number of sulfone groups is 1. The lowest BCUT2D eigenvalue weighted by Gasteiger charge is -2.34. The average molecular weight is 316 g/mol. The first-order chi connectivity index (χ1) is 10.5. The molecule has 0 saturated heterocycles. The van der Waals surface area contributed by atoms with Crippen LogP contribution >= 0.6 is 0 Å². The molecule has 0 saturated carbocycles. The van der Waals surface area contributed by atoms with Gasteiger partial charge in [-0.15, -0.1) is 0 Å². The largest absolute Gasteiger partial charge is 0.339 e. The zero-order valence-electron chi connectivity index (χ0n) is 12.8. The lowest BCUT2D eigenvalue weighted by Crippen LogP contribution is -2.29. The van der Waals surface area contributed by atoms with Gasteiger partial charge in [0.1, 0.15) is 0 Å². The molecule has 1 aliphatic heterocycles. The topological polar surface area (TPSA) is 63.4 Å². The summed E-state index contributed by atoms with van der Waals surface area (Å²) in [6.07, 6.45) is 0.807. The van der Waals surface area contributed by atoms with Crippen LogP contribution in [0.25, 0.3) is 0 Å². The van der Waals surface area contributed by atoms with Crippen molar-refractivity contribution in [3.05, 3.63) is 47.5 Å². The number of hydrogen-bond donors (Lipinski definition) is 1. The highest BCUT2D eigenvalue weighted by molar-refractivity contribution is 7.92. The van der Waals surface area contributed by atoms with E-state index in [1.807, 2.05) is 32.0 Å². The van der Waals surface area contributed by atoms with Crippen LogP contribution in [0.4, 0.5) is 11.4 Å². The molecule has 2 N–H and O–H groups in total. The minimum atomic E-state index is -3.47. The van der Waals surface area contributed by atoms with Crippen molar-refractivity contribution in [1.29, 1.82) is 0 Å². The van der Waals surface area contributed by atoms with Gasteiger partial charge in [-0.2, -0.15) is 0 Å². The van der Waals surface area contributed by atoms with E-state index in [4.69, 9.17) is 5.73 Å². The Labute approximate surface area is 131 Å². The second-order valence-electron chi connectivity index (χ2n) is 5.62. The standard InChI is InChI=1S/C17H20N2O2S/c1-12-8-9-16-17(13(12)2)19(11-5-10-18)14-6-3-4-7-15(14)22(16,20)21/h3-4,6-9H,5,10-11,18H2,1-2H3. The fraction of sp³-hybridized carbons (Fsp3) is 0.294. The van der Waals surface area contributed by atoms with Crippen LogP contribution in [0.5, 0.6) is 0 Å². The van der Waals surface area contributed by atoms with Gasteiger partial charge in [0.05, 0.1) is 21.2 Å². The summed E-state index contributed by atoms with van der Waals surface area (Å²) in [7, 11) is -3.47. The van der Waals surface area contributed by atoms with Crippen molar-refractivity contribution in [2.75, 3.05) is 18.0 Å². The maximum absolute atomic E-state index is 12.9. The first-order valence-corrected chi connectivity index (χ1v) is 8.88. The highest BCUT2D eigenvalue weighted by atomic mass is 32.2. The Bertz CT molecular complexity index is 829. The van der Waals surface area contributed by atoms with Crippen LogP contribution in [0.1, 0.15) is 17.5 Å². The van der Waals surface area contributed by atoms with E-state index < -0.39 is 9.84 Å². The summed E-state index contributed by atoms with van der Waals surface area (Å²) in [6, 6.07) is 10.8. The van der Waals surface area contributed by atoms with Crippen molar-refractivity contribution in [2.24, 2.45) is 5.73 Å². The lowest BCUT2D eigenvalue weighted by atomic mass is 10.1. The number of benzene rings is 2. The molecule has 5 heteroatoms. The van der Waals surface area contributed by atoms with Crippen LogP contribution in [0.3, 0.4) is 0 Å². The van der Waals surface area contributed by atoms with Crippen molar-refractivity contribution in [1.82, 2.24) is 0 Å². The molecule has 22 heavy (non-hydrogen) atoms. The Hall–Kier alpha value is -1.85. The van der Waals surface area contributed by atoms with Crippen LogP contribution in [-0.4, -0.2) is 21.5 Å². The molecular weight excluding hydrogens is 296 g/mol. The van der Waals surface area contributed by atoms with E-state index in [2.05, 4.69) is 4.90 Å². The lowest BCUT2D eigenvalue weighted by molar-refractivity contribution is 0.593. The summed E-state index contributed by atoms with van der Waals surface area (Å²) in [4.78, 5) is 2.87. The summed E-state index contributed by atoms with van der Waals surface area (Å²) >= 11 is 0. The van der Waals surface area contributed by atoms with Gasteiger partial charge in [-0.05, 0) is 56.1 Å². The van der Waals surface area contributed by atoms with Crippen molar-refractivity contribution >= 4 is 21.2 Å². The SMILES string of the molecule is Cc1ccc2c(c1C)N(CCCN)c1ccccc1S2(=O)=O. The zero-order chi connectivity index (χ0) is 15.9. The van der Waals surface area contributed by atoms with E-state index in [0.717, 1.165) is 28.9 Å². The minimum absolute atomic E-state index is 0.378. The first kappa shape index (κ1) is 15.1. The van der Waals surface area contributed by atoms with Gasteiger partial charge in [0, 0.05) is 6.54 Å². The smallest absolute Gasteiger partial charge is 0.210 e. The number of fused-ring (bicyclic) bond motifs is 2. The molecule has 0 atom stereocenters. The third-order valence-corrected chi connectivity index (χ3v) is 6.09. The molecule has 0 fully saturated rings. The molecule has 3 rings (SSSR count). The maximum atomic E-state index is 12.9. The average Bonchev–Trinajstić information content (AvgIpc) is 2.51. The highest BCUT2D eigenvalue weighted by Crippen LogP contribution is 2.46. The molecule has 2 aromatic rings. The van der Waals surface area contributed by atoms with E-state index in [-0.39, 0.29) is 0 Å². The van der Waals surface area contributed by atoms with Gasteiger partial charge in [-0.1, -0.05) is 18.2 Å². The number of para-hydroxylation sites is 1. The van der Waals surface area contributed by atoms with Crippen LogP contribution in [0.15, 0.2) is 46.2 Å². The van der Waals surface area contributed by atoms with E-state index in [0.29, 0.717) is 22.9 Å². The van der Waals surface area contributed by atoms with E-state index in [9.17, 15) is 8.42 Å². The molecule has 4 nitrogen and oxygen atoms in total. The Morgan fingerprint density at radius 3 is 2.50 bits per heavy atom. The van der Waals surface area contributed by atoms with Crippen molar-refractivity contribution in [2.45, 2.75) is 30.1 Å². The van der Waals surface area contributed by atoms with Crippen LogP contribution in [0.2, 0.25) is 0 Å². The molecule has 0 aliphatic carbocycles. The fourth-order valence-electron chi connectivity index (χ4n) is 2.96. The third kappa shape index (κ3) is 2.12. The second-order valence-corrected chi connectivity index (χ2v) is 7.51. The van der Waals surface area contributed by atoms with Crippen LogP contribution in [0, 0.1) is 13.8 Å². The van der Waals surface area contributed by atoms with Crippen LogP contribution in [-0.2, 0) is 9.84 Å². The molecule has 1 aliphatic rings. The molecule has 0 spiro atoms. The number of rotatable bonds is 3. The minimum Gasteiger partial charge on any atom is -0.339 e. The Kier molecular flexibility index (Phi) is 3.70. The molecule has 0 radical (unpaired) electrons. The van der Waals surface area contributed by atoms with Gasteiger partial charge in [0.25, 0.3) is 0 Å². The normalized spacial score (nSPS) is 15.3. The van der Waals surface area contributed by atoms with Gasteiger partial charge >= 0.3 is 0 Å². The molecule has 0 unspecified atom stereocenters. The Morgan fingerprint density at radius 2 is 1.77 bits per heavy atom. The Morgan fingerprint density at radius 1 is 1.05 bits per heavy atom. The molecule has 116 valence electrons. The molecular formula is C17H20N2O2S. The monoisotopic (exact) mass is 316 g/mol. The Balaban J connectivity index is 2.33. The van der Waals surface area contributed by atoms with E-state index in [1.165, 1.54) is 0 Å². The van der Waals surface area contributed by atoms with Gasteiger partial charge in [-0.3, -0.25) is 0 Å². The van der Waals surface area contributed by atoms with Gasteiger partial charge < -0.3 is 10.6 Å². The summed E-state index contributed by atoms with van der Waals surface area (Å²) in [5, 5.41) is 0. The number of hydrogen-bond acceptors (Lipinski definition) is 4. The second kappa shape index (κ2) is 5.41. The summed E-state index contributed by atoms with van der Waals surface area (Å²) in [6.45, 7) is 5.27. The quantitative estimate of drug-likeness (QED) is 0.945. The maximum Gasteiger partial charge on any atom is 0.210 e. The summed E-state index contributed by atoms with van der Waals surface area (Å²) in [5.74, 6) is 0. The molecule has 0 aromatic heterocycles. The third-order valence-electron chi connectivity index (χ3n) is 4.26. The number of nitrogens with two attached hydrogens (primary N) is 1. The predicted molar refractivity (Wildman–Crippen MR) is 88.5 cm³/mol. The summed E-state index contributed by atoms with van der Waals surface area (Å²) < 4.78 is 25.9. The molecule has 0 bridgehead atoms. The van der Waals surface area contributed by atoms with Gasteiger partial charge in [0.15, 0.2) is 0 Å². The van der Waals surface area contributed by atoms with Crippen molar-refractivity contribution in [3.8, 4) is 0 Å². The van der Waals surface area contributed by atoms with Gasteiger partial charge in [0.2, 0.25) is 9.84 Å². The number of anilines is 2.